The first-order chi connectivity index (χ1) is 10.4. The molecule has 23 heavy (non-hydrogen) atoms. The van der Waals surface area contributed by atoms with E-state index < -0.39 is 32.6 Å². The highest BCUT2D eigenvalue weighted by molar-refractivity contribution is 8.45. The molecule has 0 atom stereocenters. The summed E-state index contributed by atoms with van der Waals surface area (Å²) in [7, 11) is -10.1. The second kappa shape index (κ2) is 3.91. The lowest BCUT2D eigenvalue weighted by Crippen LogP contribution is -2.31. The van der Waals surface area contributed by atoms with E-state index in [1.165, 1.54) is 24.3 Å². The van der Waals surface area contributed by atoms with Crippen molar-refractivity contribution in [2.45, 2.75) is 4.90 Å². The van der Waals surface area contributed by atoms with E-state index in [9.17, 15) is 29.0 Å². The van der Waals surface area contributed by atoms with Crippen LogP contribution in [-0.2, 0) is 0 Å². The highest BCUT2D eigenvalue weighted by Crippen LogP contribution is 3.03. The summed E-state index contributed by atoms with van der Waals surface area (Å²) in [4.78, 5) is 22.3. The van der Waals surface area contributed by atoms with Crippen LogP contribution in [0.4, 0.5) is 25.1 Å². The van der Waals surface area contributed by atoms with Crippen LogP contribution in [0.1, 0.15) is 20.7 Å². The smallest absolute Gasteiger partial charge is 0.268 e. The Morgan fingerprint density at radius 2 is 1.13 bits per heavy atom. The minimum Gasteiger partial charge on any atom is -0.268 e. The number of benzene rings is 2. The first-order valence-corrected chi connectivity index (χ1v) is 8.16. The Labute approximate surface area is 127 Å². The fraction of sp³-hybridized carbons (Fsp3) is 0. The molecule has 0 saturated heterocycles. The topological polar surface area (TPSA) is 37.4 Å². The first kappa shape index (κ1) is 15.5. The van der Waals surface area contributed by atoms with Crippen LogP contribution < -0.4 is 4.90 Å². The molecule has 3 rings (SSSR count). The van der Waals surface area contributed by atoms with Crippen LogP contribution in [0.2, 0.25) is 0 Å². The van der Waals surface area contributed by atoms with Crippen molar-refractivity contribution in [1.82, 2.24) is 0 Å². The number of halogens is 5. The van der Waals surface area contributed by atoms with Gasteiger partial charge in [0.15, 0.2) is 0 Å². The molecule has 9 heteroatoms. The molecule has 0 spiro atoms. The molecule has 0 aromatic heterocycles. The van der Waals surface area contributed by atoms with E-state index in [1.54, 1.807) is 0 Å². The predicted octanol–water partition coefficient (Wildman–Crippen LogP) is 5.14. The zero-order valence-electron chi connectivity index (χ0n) is 11.2. The lowest BCUT2D eigenvalue weighted by Gasteiger charge is -2.42. The average Bonchev–Trinajstić information content (AvgIpc) is 2.69. The molecular formula is C14H8F5NO2S. The van der Waals surface area contributed by atoms with Crippen LogP contribution in [0.5, 0.6) is 0 Å². The second-order valence-corrected chi connectivity index (χ2v) is 7.31. The highest BCUT2D eigenvalue weighted by Gasteiger charge is 2.67. The van der Waals surface area contributed by atoms with Crippen molar-refractivity contribution in [1.29, 1.82) is 0 Å². The van der Waals surface area contributed by atoms with Gasteiger partial charge in [-0.15, -0.1) is 0 Å². The van der Waals surface area contributed by atoms with E-state index in [2.05, 4.69) is 0 Å². The number of amides is 2. The van der Waals surface area contributed by atoms with Gasteiger partial charge in [-0.2, -0.15) is 0 Å². The summed E-state index contributed by atoms with van der Waals surface area (Å²) in [5.41, 5.74) is -1.43. The zero-order valence-corrected chi connectivity index (χ0v) is 12.0. The lowest BCUT2D eigenvalue weighted by molar-refractivity contribution is 0.0925. The standard InChI is InChI=1S/C14H8F5NO2S/c15-23(16,17,18,19)12-8-4-3-7-11(12)20-13(21)9-5-1-2-6-10(9)14(20)22/h1-8H. The van der Waals surface area contributed by atoms with Crippen molar-refractivity contribution in [3.05, 3.63) is 59.7 Å². The number of carbonyl (C=O) groups is 2. The molecule has 2 amide bonds. The Bertz CT molecular complexity index is 828. The van der Waals surface area contributed by atoms with E-state index in [4.69, 9.17) is 0 Å². The number of anilines is 1. The largest absolute Gasteiger partial charge is 0.312 e. The molecule has 0 radical (unpaired) electrons. The Hall–Kier alpha value is -2.42. The molecule has 2 aromatic rings. The van der Waals surface area contributed by atoms with Crippen molar-refractivity contribution in [2.24, 2.45) is 0 Å². The minimum absolute atomic E-state index is 0.130. The molecule has 3 nitrogen and oxygen atoms in total. The molecule has 1 aliphatic rings. The molecule has 0 aliphatic carbocycles. The number of nitrogens with zero attached hydrogens (tertiary/aromatic N) is 1. The van der Waals surface area contributed by atoms with Gasteiger partial charge < -0.3 is 0 Å². The zero-order chi connectivity index (χ0) is 17.1. The van der Waals surface area contributed by atoms with Gasteiger partial charge in [-0.25, -0.2) is 4.90 Å². The number of rotatable bonds is 2. The number of hydrogen-bond donors (Lipinski definition) is 0. The summed E-state index contributed by atoms with van der Waals surface area (Å²) in [5.74, 6) is -2.14. The monoisotopic (exact) mass is 349 g/mol. The minimum atomic E-state index is -10.1. The maximum atomic E-state index is 13.2. The molecule has 0 bridgehead atoms. The predicted molar refractivity (Wildman–Crippen MR) is 75.4 cm³/mol. The number of imide groups is 1. The van der Waals surface area contributed by atoms with Gasteiger partial charge in [0.05, 0.1) is 16.8 Å². The Morgan fingerprint density at radius 1 is 0.696 bits per heavy atom. The normalized spacial score (nSPS) is 17.7. The molecule has 122 valence electrons. The number of para-hydroxylation sites is 1. The van der Waals surface area contributed by atoms with Crippen LogP contribution >= 0.6 is 10.2 Å². The van der Waals surface area contributed by atoms with Gasteiger partial charge >= 0.3 is 10.2 Å². The Balaban J connectivity index is 2.25. The van der Waals surface area contributed by atoms with Gasteiger partial charge in [0.2, 0.25) is 0 Å². The summed E-state index contributed by atoms with van der Waals surface area (Å²) >= 11 is 0. The third-order valence-corrected chi connectivity index (χ3v) is 4.49. The number of carbonyl (C=O) groups excluding carboxylic acids is 2. The van der Waals surface area contributed by atoms with E-state index in [-0.39, 0.29) is 22.1 Å². The third kappa shape index (κ3) is 2.46. The summed E-state index contributed by atoms with van der Waals surface area (Å²) in [6.07, 6.45) is 0. The summed E-state index contributed by atoms with van der Waals surface area (Å²) in [6, 6.07) is 8.00. The summed E-state index contributed by atoms with van der Waals surface area (Å²) in [5, 5.41) is 0. The molecule has 0 saturated carbocycles. The van der Waals surface area contributed by atoms with Crippen LogP contribution in [0.25, 0.3) is 0 Å². The van der Waals surface area contributed by atoms with Crippen molar-refractivity contribution < 1.29 is 29.0 Å². The Morgan fingerprint density at radius 3 is 1.61 bits per heavy atom. The van der Waals surface area contributed by atoms with Gasteiger partial charge in [0.25, 0.3) is 11.8 Å². The van der Waals surface area contributed by atoms with Crippen LogP contribution in [-0.4, -0.2) is 11.8 Å². The van der Waals surface area contributed by atoms with Crippen LogP contribution in [0, 0.1) is 0 Å². The SMILES string of the molecule is O=C1c2ccccc2C(=O)N1c1ccccc1S(F)(F)(F)(F)F. The molecule has 0 fully saturated rings. The lowest BCUT2D eigenvalue weighted by atomic mass is 10.1. The van der Waals surface area contributed by atoms with Crippen LogP contribution in [0.15, 0.2) is 53.4 Å². The average molecular weight is 349 g/mol. The quantitative estimate of drug-likeness (QED) is 0.556. The van der Waals surface area contributed by atoms with E-state index >= 15 is 0 Å². The first-order valence-electron chi connectivity index (χ1n) is 6.21. The van der Waals surface area contributed by atoms with Crippen molar-refractivity contribution in [2.75, 3.05) is 4.90 Å². The number of hydrogen-bond acceptors (Lipinski definition) is 2. The van der Waals surface area contributed by atoms with E-state index in [1.807, 2.05) is 0 Å². The fourth-order valence-corrected chi connectivity index (χ4v) is 3.27. The second-order valence-electron chi connectivity index (χ2n) is 4.93. The van der Waals surface area contributed by atoms with Gasteiger partial charge in [0.1, 0.15) is 4.90 Å². The molecule has 1 heterocycles. The third-order valence-electron chi connectivity index (χ3n) is 3.32. The van der Waals surface area contributed by atoms with Crippen molar-refractivity contribution >= 4 is 27.7 Å². The number of fused-ring (bicyclic) bond motifs is 1. The van der Waals surface area contributed by atoms with Gasteiger partial charge in [-0.3, -0.25) is 9.59 Å². The van der Waals surface area contributed by atoms with Gasteiger partial charge in [-0.05, 0) is 24.3 Å². The molecule has 0 N–H and O–H groups in total. The fourth-order valence-electron chi connectivity index (χ4n) is 2.38. The van der Waals surface area contributed by atoms with Crippen molar-refractivity contribution in [3.63, 3.8) is 0 Å². The molecule has 2 aromatic carbocycles. The van der Waals surface area contributed by atoms with E-state index in [0.29, 0.717) is 6.07 Å². The highest BCUT2D eigenvalue weighted by atomic mass is 32.5. The molecule has 0 unspecified atom stereocenters. The van der Waals surface area contributed by atoms with E-state index in [0.717, 1.165) is 12.1 Å². The summed E-state index contributed by atoms with van der Waals surface area (Å²) in [6.45, 7) is 0. The van der Waals surface area contributed by atoms with Crippen molar-refractivity contribution in [3.8, 4) is 0 Å². The maximum Gasteiger partial charge on any atom is 0.312 e. The van der Waals surface area contributed by atoms with Gasteiger partial charge in [0, 0.05) is 0 Å². The maximum absolute atomic E-state index is 13.2. The Kier molecular flexibility index (Phi) is 2.63. The summed E-state index contributed by atoms with van der Waals surface area (Å²) < 4.78 is 66.0. The van der Waals surface area contributed by atoms with Gasteiger partial charge in [-0.1, -0.05) is 43.7 Å². The van der Waals surface area contributed by atoms with Crippen LogP contribution in [0.3, 0.4) is 0 Å². The molecule has 1 aliphatic heterocycles. The molecular weight excluding hydrogens is 341 g/mol.